The first-order chi connectivity index (χ1) is 13.7. The van der Waals surface area contributed by atoms with Crippen molar-refractivity contribution >= 4 is 28.8 Å². The number of carbonyl (C=O) groups is 1. The molecular formula is C23H18N2O3. The summed E-state index contributed by atoms with van der Waals surface area (Å²) in [5.41, 5.74) is 4.03. The number of aromatic nitrogens is 1. The fourth-order valence-electron chi connectivity index (χ4n) is 2.76. The maximum absolute atomic E-state index is 12.1. The molecule has 1 amide bonds. The Morgan fingerprint density at radius 3 is 2.46 bits per heavy atom. The molecule has 0 aliphatic rings. The zero-order chi connectivity index (χ0) is 19.3. The van der Waals surface area contributed by atoms with Gasteiger partial charge in [-0.2, -0.15) is 0 Å². The van der Waals surface area contributed by atoms with Crippen LogP contribution in [0.2, 0.25) is 0 Å². The molecule has 5 heteroatoms. The molecular weight excluding hydrogens is 352 g/mol. The lowest BCUT2D eigenvalue weighted by Crippen LogP contribution is -2.07. The third kappa shape index (κ3) is 3.94. The van der Waals surface area contributed by atoms with E-state index in [1.165, 1.54) is 6.08 Å². The van der Waals surface area contributed by atoms with E-state index in [-0.39, 0.29) is 5.91 Å². The van der Waals surface area contributed by atoms with E-state index in [0.717, 1.165) is 28.0 Å². The van der Waals surface area contributed by atoms with Gasteiger partial charge >= 0.3 is 0 Å². The number of fused-ring (bicyclic) bond motifs is 1. The quantitative estimate of drug-likeness (QED) is 0.493. The summed E-state index contributed by atoms with van der Waals surface area (Å²) in [6.07, 6.45) is 3.25. The Morgan fingerprint density at radius 1 is 1.00 bits per heavy atom. The topological polar surface area (TPSA) is 64.4 Å². The molecule has 28 heavy (non-hydrogen) atoms. The van der Waals surface area contributed by atoms with Crippen molar-refractivity contribution in [3.63, 3.8) is 0 Å². The SMILES string of the molecule is COc1ccc(/C=C/C(=O)Nc2ccc(-c3nc4ccccc4o3)cc2)cc1. The number of oxazole rings is 1. The number of nitrogens with zero attached hydrogens (tertiary/aromatic N) is 1. The fourth-order valence-corrected chi connectivity index (χ4v) is 2.76. The van der Waals surface area contributed by atoms with Crippen LogP contribution in [0, 0.1) is 0 Å². The van der Waals surface area contributed by atoms with Gasteiger partial charge in [0.1, 0.15) is 11.3 Å². The predicted molar refractivity (Wildman–Crippen MR) is 110 cm³/mol. The molecule has 5 nitrogen and oxygen atoms in total. The summed E-state index contributed by atoms with van der Waals surface area (Å²) in [7, 11) is 1.62. The van der Waals surface area contributed by atoms with Crippen LogP contribution in [0.4, 0.5) is 5.69 Å². The zero-order valence-corrected chi connectivity index (χ0v) is 15.3. The molecule has 4 rings (SSSR count). The maximum Gasteiger partial charge on any atom is 0.248 e. The molecule has 1 heterocycles. The van der Waals surface area contributed by atoms with Gasteiger partial charge in [0.25, 0.3) is 0 Å². The summed E-state index contributed by atoms with van der Waals surface area (Å²) in [5.74, 6) is 1.13. The summed E-state index contributed by atoms with van der Waals surface area (Å²) in [6, 6.07) is 22.5. The van der Waals surface area contributed by atoms with Crippen molar-refractivity contribution in [3.8, 4) is 17.2 Å². The Kier molecular flexibility index (Phi) is 4.89. The lowest BCUT2D eigenvalue weighted by atomic mass is 10.2. The van der Waals surface area contributed by atoms with Gasteiger partial charge in [-0.1, -0.05) is 24.3 Å². The minimum absolute atomic E-state index is 0.203. The number of amides is 1. The van der Waals surface area contributed by atoms with E-state index in [1.54, 1.807) is 13.2 Å². The summed E-state index contributed by atoms with van der Waals surface area (Å²) in [4.78, 5) is 16.6. The summed E-state index contributed by atoms with van der Waals surface area (Å²) >= 11 is 0. The number of benzene rings is 3. The van der Waals surface area contributed by atoms with Crippen molar-refractivity contribution in [2.24, 2.45) is 0 Å². The first kappa shape index (κ1) is 17.5. The number of ether oxygens (including phenoxy) is 1. The lowest BCUT2D eigenvalue weighted by molar-refractivity contribution is -0.111. The van der Waals surface area contributed by atoms with E-state index in [0.29, 0.717) is 11.6 Å². The van der Waals surface area contributed by atoms with Gasteiger partial charge in [-0.15, -0.1) is 0 Å². The number of hydrogen-bond acceptors (Lipinski definition) is 4. The summed E-state index contributed by atoms with van der Waals surface area (Å²) in [5, 5.41) is 2.84. The molecule has 0 radical (unpaired) electrons. The smallest absolute Gasteiger partial charge is 0.248 e. The van der Waals surface area contributed by atoms with Crippen molar-refractivity contribution in [3.05, 3.63) is 84.4 Å². The first-order valence-electron chi connectivity index (χ1n) is 8.80. The van der Waals surface area contributed by atoms with Gasteiger partial charge in [-0.25, -0.2) is 4.98 Å². The van der Waals surface area contributed by atoms with Crippen LogP contribution in [0.3, 0.4) is 0 Å². The molecule has 1 N–H and O–H groups in total. The highest BCUT2D eigenvalue weighted by Crippen LogP contribution is 2.25. The Balaban J connectivity index is 1.42. The first-order valence-corrected chi connectivity index (χ1v) is 8.80. The monoisotopic (exact) mass is 370 g/mol. The van der Waals surface area contributed by atoms with Crippen LogP contribution < -0.4 is 10.1 Å². The Morgan fingerprint density at radius 2 is 1.75 bits per heavy atom. The van der Waals surface area contributed by atoms with Crippen molar-refractivity contribution < 1.29 is 13.9 Å². The standard InChI is InChI=1S/C23H18N2O3/c1-27-19-13-6-16(7-14-19)8-15-22(26)24-18-11-9-17(10-12-18)23-25-20-4-2-3-5-21(20)28-23/h2-15H,1H3,(H,24,26)/b15-8+. The third-order valence-corrected chi connectivity index (χ3v) is 4.24. The second-order valence-electron chi connectivity index (χ2n) is 6.16. The molecule has 1 aromatic heterocycles. The number of para-hydroxylation sites is 2. The van der Waals surface area contributed by atoms with Crippen molar-refractivity contribution in [1.82, 2.24) is 4.98 Å². The van der Waals surface area contributed by atoms with Crippen molar-refractivity contribution in [2.75, 3.05) is 12.4 Å². The molecule has 3 aromatic carbocycles. The molecule has 0 saturated carbocycles. The second-order valence-corrected chi connectivity index (χ2v) is 6.16. The molecule has 138 valence electrons. The normalized spacial score (nSPS) is 11.0. The van der Waals surface area contributed by atoms with Crippen LogP contribution in [0.15, 0.2) is 83.3 Å². The van der Waals surface area contributed by atoms with Crippen LogP contribution >= 0.6 is 0 Å². The highest BCUT2D eigenvalue weighted by Gasteiger charge is 2.08. The number of methoxy groups -OCH3 is 1. The number of hydrogen-bond donors (Lipinski definition) is 1. The van der Waals surface area contributed by atoms with Gasteiger partial charge in [0.2, 0.25) is 11.8 Å². The van der Waals surface area contributed by atoms with Crippen LogP contribution in [0.1, 0.15) is 5.56 Å². The number of carbonyl (C=O) groups excluding carboxylic acids is 1. The molecule has 4 aromatic rings. The van der Waals surface area contributed by atoms with E-state index >= 15 is 0 Å². The Labute approximate surface area is 162 Å². The van der Waals surface area contributed by atoms with Crippen LogP contribution in [-0.4, -0.2) is 18.0 Å². The van der Waals surface area contributed by atoms with Gasteiger partial charge in [-0.05, 0) is 60.2 Å². The fraction of sp³-hybridized carbons (Fsp3) is 0.0435. The van der Waals surface area contributed by atoms with Gasteiger partial charge in [0, 0.05) is 17.3 Å². The van der Waals surface area contributed by atoms with E-state index in [4.69, 9.17) is 9.15 Å². The minimum atomic E-state index is -0.203. The maximum atomic E-state index is 12.1. The molecule has 0 fully saturated rings. The highest BCUT2D eigenvalue weighted by atomic mass is 16.5. The number of anilines is 1. The molecule has 0 aliphatic carbocycles. The van der Waals surface area contributed by atoms with Crippen LogP contribution in [-0.2, 0) is 4.79 Å². The Bertz CT molecular complexity index is 1090. The lowest BCUT2D eigenvalue weighted by Gasteiger charge is -2.03. The van der Waals surface area contributed by atoms with Gasteiger partial charge in [0.05, 0.1) is 7.11 Å². The van der Waals surface area contributed by atoms with E-state index < -0.39 is 0 Å². The van der Waals surface area contributed by atoms with E-state index in [9.17, 15) is 4.79 Å². The number of nitrogens with one attached hydrogen (secondary N) is 1. The molecule has 0 atom stereocenters. The van der Waals surface area contributed by atoms with Crippen molar-refractivity contribution in [1.29, 1.82) is 0 Å². The average Bonchev–Trinajstić information content (AvgIpc) is 3.17. The van der Waals surface area contributed by atoms with E-state index in [2.05, 4.69) is 10.3 Å². The Hall–Kier alpha value is -3.86. The average molecular weight is 370 g/mol. The second kappa shape index (κ2) is 7.80. The van der Waals surface area contributed by atoms with Crippen molar-refractivity contribution in [2.45, 2.75) is 0 Å². The summed E-state index contributed by atoms with van der Waals surface area (Å²) < 4.78 is 10.9. The minimum Gasteiger partial charge on any atom is -0.497 e. The number of rotatable bonds is 5. The largest absolute Gasteiger partial charge is 0.497 e. The molecule has 0 unspecified atom stereocenters. The molecule has 0 aliphatic heterocycles. The third-order valence-electron chi connectivity index (χ3n) is 4.24. The zero-order valence-electron chi connectivity index (χ0n) is 15.3. The van der Waals surface area contributed by atoms with Gasteiger partial charge < -0.3 is 14.5 Å². The van der Waals surface area contributed by atoms with Crippen LogP contribution in [0.5, 0.6) is 5.75 Å². The molecule has 0 bridgehead atoms. The molecule has 0 spiro atoms. The highest BCUT2D eigenvalue weighted by molar-refractivity contribution is 6.02. The summed E-state index contributed by atoms with van der Waals surface area (Å²) in [6.45, 7) is 0. The van der Waals surface area contributed by atoms with Gasteiger partial charge in [0.15, 0.2) is 5.58 Å². The predicted octanol–water partition coefficient (Wildman–Crippen LogP) is 5.16. The van der Waals surface area contributed by atoms with E-state index in [1.807, 2.05) is 72.8 Å². The van der Waals surface area contributed by atoms with Gasteiger partial charge in [-0.3, -0.25) is 4.79 Å². The van der Waals surface area contributed by atoms with Crippen LogP contribution in [0.25, 0.3) is 28.6 Å². The molecule has 0 saturated heterocycles.